The Morgan fingerprint density at radius 1 is 0.962 bits per heavy atom. The molecule has 1 saturated heterocycles. The van der Waals surface area contributed by atoms with E-state index in [4.69, 9.17) is 0 Å². The summed E-state index contributed by atoms with van der Waals surface area (Å²) in [5.74, 6) is -1.21. The van der Waals surface area contributed by atoms with Crippen LogP contribution in [0.4, 0.5) is 11.4 Å². The van der Waals surface area contributed by atoms with Crippen molar-refractivity contribution in [2.24, 2.45) is 0 Å². The molecule has 0 unspecified atom stereocenters. The number of hydrogen-bond donors (Lipinski definition) is 2. The maximum absolute atomic E-state index is 12.5. The van der Waals surface area contributed by atoms with Crippen LogP contribution in [-0.4, -0.2) is 30.1 Å². The largest absolute Gasteiger partial charge is 0.478 e. The molecule has 5 heteroatoms. The molecule has 136 valence electrons. The first-order valence-electron chi connectivity index (χ1n) is 9.05. The summed E-state index contributed by atoms with van der Waals surface area (Å²) in [4.78, 5) is 26.4. The molecule has 1 fully saturated rings. The minimum Gasteiger partial charge on any atom is -0.478 e. The van der Waals surface area contributed by atoms with Crippen molar-refractivity contribution in [1.29, 1.82) is 0 Å². The van der Waals surface area contributed by atoms with Crippen LogP contribution in [0.3, 0.4) is 0 Å². The molecule has 26 heavy (non-hydrogen) atoms. The molecule has 0 spiro atoms. The summed E-state index contributed by atoms with van der Waals surface area (Å²) >= 11 is 0. The van der Waals surface area contributed by atoms with Gasteiger partial charge < -0.3 is 15.3 Å². The molecule has 1 aliphatic heterocycles. The van der Waals surface area contributed by atoms with Crippen molar-refractivity contribution in [3.05, 3.63) is 59.2 Å². The van der Waals surface area contributed by atoms with Crippen LogP contribution in [0.25, 0.3) is 0 Å². The molecular weight excluding hydrogens is 328 g/mol. The van der Waals surface area contributed by atoms with Gasteiger partial charge >= 0.3 is 5.97 Å². The van der Waals surface area contributed by atoms with E-state index in [1.54, 1.807) is 18.2 Å². The number of carbonyl (C=O) groups excluding carboxylic acids is 1. The Bertz CT molecular complexity index is 809. The Morgan fingerprint density at radius 3 is 2.31 bits per heavy atom. The van der Waals surface area contributed by atoms with Gasteiger partial charge in [0, 0.05) is 24.3 Å². The van der Waals surface area contributed by atoms with Crippen molar-refractivity contribution < 1.29 is 14.7 Å². The summed E-state index contributed by atoms with van der Waals surface area (Å²) in [6, 6.07) is 12.5. The van der Waals surface area contributed by atoms with E-state index in [2.05, 4.69) is 10.2 Å². The van der Waals surface area contributed by atoms with E-state index in [0.29, 0.717) is 11.3 Å². The molecule has 0 aromatic heterocycles. The monoisotopic (exact) mass is 352 g/mol. The second kappa shape index (κ2) is 8.04. The van der Waals surface area contributed by atoms with Crippen molar-refractivity contribution in [1.82, 2.24) is 0 Å². The van der Waals surface area contributed by atoms with Gasteiger partial charge in [0.15, 0.2) is 0 Å². The molecule has 2 N–H and O–H groups in total. The zero-order valence-corrected chi connectivity index (χ0v) is 15.0. The number of carbonyl (C=O) groups is 2. The quantitative estimate of drug-likeness (QED) is 0.859. The topological polar surface area (TPSA) is 69.6 Å². The lowest BCUT2D eigenvalue weighted by Crippen LogP contribution is -2.26. The molecule has 3 rings (SSSR count). The number of anilines is 2. The third kappa shape index (κ3) is 4.04. The Kier molecular flexibility index (Phi) is 5.56. The third-order valence-corrected chi connectivity index (χ3v) is 4.82. The highest BCUT2D eigenvalue weighted by Crippen LogP contribution is 2.27. The van der Waals surface area contributed by atoms with Crippen molar-refractivity contribution in [2.75, 3.05) is 23.3 Å². The van der Waals surface area contributed by atoms with E-state index in [9.17, 15) is 14.7 Å². The van der Waals surface area contributed by atoms with Gasteiger partial charge in [-0.15, -0.1) is 0 Å². The number of carboxylic acid groups (broad SMARTS) is 1. The lowest BCUT2D eigenvalue weighted by molar-refractivity contribution is 0.0697. The van der Waals surface area contributed by atoms with Crippen molar-refractivity contribution in [3.63, 3.8) is 0 Å². The Balaban J connectivity index is 1.85. The van der Waals surface area contributed by atoms with Gasteiger partial charge in [0.1, 0.15) is 0 Å². The molecule has 0 bridgehead atoms. The normalized spacial score (nSPS) is 14.6. The standard InChI is InChI=1S/C21H24N2O3/c1-15-8-4-5-9-17(15)20(24)22-16-10-11-19(18(14-16)21(25)26)23-12-6-2-3-7-13-23/h4-5,8-11,14H,2-3,6-7,12-13H2,1H3,(H,22,24)(H,25,26). The predicted octanol–water partition coefficient (Wildman–Crippen LogP) is 4.33. The van der Waals surface area contributed by atoms with Crippen LogP contribution in [0.15, 0.2) is 42.5 Å². The number of carboxylic acids is 1. The molecule has 0 radical (unpaired) electrons. The number of nitrogens with one attached hydrogen (secondary N) is 1. The van der Waals surface area contributed by atoms with Crippen molar-refractivity contribution in [3.8, 4) is 0 Å². The van der Waals surface area contributed by atoms with E-state index >= 15 is 0 Å². The molecule has 0 saturated carbocycles. The molecule has 1 heterocycles. The highest BCUT2D eigenvalue weighted by Gasteiger charge is 2.19. The van der Waals surface area contributed by atoms with E-state index in [1.165, 1.54) is 12.8 Å². The molecule has 1 aliphatic rings. The van der Waals surface area contributed by atoms with Crippen LogP contribution < -0.4 is 10.2 Å². The highest BCUT2D eigenvalue weighted by molar-refractivity contribution is 6.06. The van der Waals surface area contributed by atoms with Crippen LogP contribution in [0.2, 0.25) is 0 Å². The van der Waals surface area contributed by atoms with Crippen LogP contribution in [0.1, 0.15) is 52.0 Å². The molecular formula is C21H24N2O3. The van der Waals surface area contributed by atoms with E-state index in [1.807, 2.05) is 31.2 Å². The molecule has 5 nitrogen and oxygen atoms in total. The summed E-state index contributed by atoms with van der Waals surface area (Å²) in [6.07, 6.45) is 4.52. The SMILES string of the molecule is Cc1ccccc1C(=O)Nc1ccc(N2CCCCCC2)c(C(=O)O)c1. The number of amides is 1. The van der Waals surface area contributed by atoms with Gasteiger partial charge in [-0.25, -0.2) is 4.79 Å². The summed E-state index contributed by atoms with van der Waals surface area (Å²) < 4.78 is 0. The molecule has 0 atom stereocenters. The lowest BCUT2D eigenvalue weighted by Gasteiger charge is -2.24. The third-order valence-electron chi connectivity index (χ3n) is 4.82. The fourth-order valence-electron chi connectivity index (χ4n) is 3.40. The van der Waals surface area contributed by atoms with Gasteiger partial charge in [0.2, 0.25) is 0 Å². The lowest BCUT2D eigenvalue weighted by atomic mass is 10.1. The van der Waals surface area contributed by atoms with E-state index in [-0.39, 0.29) is 11.5 Å². The molecule has 2 aromatic rings. The van der Waals surface area contributed by atoms with Crippen molar-refractivity contribution >= 4 is 23.3 Å². The average Bonchev–Trinajstić information content (AvgIpc) is 2.91. The first kappa shape index (κ1) is 18.0. The van der Waals surface area contributed by atoms with Gasteiger partial charge in [-0.05, 0) is 49.6 Å². The fourth-order valence-corrected chi connectivity index (χ4v) is 3.40. The second-order valence-electron chi connectivity index (χ2n) is 6.71. The Labute approximate surface area is 153 Å². The van der Waals surface area contributed by atoms with Crippen LogP contribution in [0, 0.1) is 6.92 Å². The first-order valence-corrected chi connectivity index (χ1v) is 9.05. The number of nitrogens with zero attached hydrogens (tertiary/aromatic N) is 1. The molecule has 2 aromatic carbocycles. The zero-order chi connectivity index (χ0) is 18.5. The maximum Gasteiger partial charge on any atom is 0.337 e. The maximum atomic E-state index is 12.5. The fraction of sp³-hybridized carbons (Fsp3) is 0.333. The van der Waals surface area contributed by atoms with Gasteiger partial charge in [-0.3, -0.25) is 4.79 Å². The average molecular weight is 352 g/mol. The van der Waals surface area contributed by atoms with Crippen LogP contribution in [0.5, 0.6) is 0 Å². The number of aromatic carboxylic acids is 1. The zero-order valence-electron chi connectivity index (χ0n) is 15.0. The number of rotatable bonds is 4. The first-order chi connectivity index (χ1) is 12.6. The second-order valence-corrected chi connectivity index (χ2v) is 6.71. The molecule has 1 amide bonds. The van der Waals surface area contributed by atoms with Crippen molar-refractivity contribution in [2.45, 2.75) is 32.6 Å². The van der Waals surface area contributed by atoms with E-state index in [0.717, 1.165) is 37.2 Å². The Morgan fingerprint density at radius 2 is 1.65 bits per heavy atom. The predicted molar refractivity (Wildman–Crippen MR) is 103 cm³/mol. The highest BCUT2D eigenvalue weighted by atomic mass is 16.4. The number of benzene rings is 2. The van der Waals surface area contributed by atoms with Gasteiger partial charge in [0.05, 0.1) is 11.3 Å². The smallest absolute Gasteiger partial charge is 0.337 e. The summed E-state index contributed by atoms with van der Waals surface area (Å²) in [5, 5.41) is 12.5. The summed E-state index contributed by atoms with van der Waals surface area (Å²) in [7, 11) is 0. The minimum atomic E-state index is -0.976. The number of aryl methyl sites for hydroxylation is 1. The van der Waals surface area contributed by atoms with Crippen LogP contribution in [-0.2, 0) is 0 Å². The van der Waals surface area contributed by atoms with Gasteiger partial charge in [-0.1, -0.05) is 31.0 Å². The van der Waals surface area contributed by atoms with Crippen LogP contribution >= 0.6 is 0 Å². The minimum absolute atomic E-state index is 0.231. The molecule has 0 aliphatic carbocycles. The van der Waals surface area contributed by atoms with Gasteiger partial charge in [-0.2, -0.15) is 0 Å². The van der Waals surface area contributed by atoms with Gasteiger partial charge in [0.25, 0.3) is 5.91 Å². The summed E-state index contributed by atoms with van der Waals surface area (Å²) in [5.41, 5.74) is 2.92. The Hall–Kier alpha value is -2.82. The van der Waals surface area contributed by atoms with E-state index < -0.39 is 5.97 Å². The summed E-state index contributed by atoms with van der Waals surface area (Å²) in [6.45, 7) is 3.62. The number of hydrogen-bond acceptors (Lipinski definition) is 3.